The standard InChI is InChI=1S/C22H30N4O2/c1-17-8-9-18(2)26(17)22(27)20-16-28-21(23-20)15-25-12-10-24(11-13-25)14-19-6-4-3-5-7-19/h3-7,16-18H,8-15H2,1-2H3/t17-,18-/m1/s1. The Bertz CT molecular complexity index is 773. The fourth-order valence-electron chi connectivity index (χ4n) is 4.35. The smallest absolute Gasteiger partial charge is 0.276 e. The van der Waals surface area contributed by atoms with Crippen LogP contribution < -0.4 is 0 Å². The predicted octanol–water partition coefficient (Wildman–Crippen LogP) is 3.01. The number of nitrogens with zero attached hydrogens (tertiary/aromatic N) is 4. The van der Waals surface area contributed by atoms with E-state index in [-0.39, 0.29) is 18.0 Å². The van der Waals surface area contributed by atoms with Gasteiger partial charge in [-0.2, -0.15) is 0 Å². The highest BCUT2D eigenvalue weighted by Crippen LogP contribution is 2.25. The molecule has 1 aromatic heterocycles. The maximum atomic E-state index is 12.8. The molecule has 2 fully saturated rings. The summed E-state index contributed by atoms with van der Waals surface area (Å²) in [5.41, 5.74) is 1.80. The number of amides is 1. The molecular weight excluding hydrogens is 352 g/mol. The Morgan fingerprint density at radius 3 is 2.25 bits per heavy atom. The molecule has 6 heteroatoms. The van der Waals surface area contributed by atoms with Crippen LogP contribution in [-0.4, -0.2) is 63.9 Å². The lowest BCUT2D eigenvalue weighted by atomic mass is 10.2. The third-order valence-corrected chi connectivity index (χ3v) is 6.03. The number of rotatable bonds is 5. The largest absolute Gasteiger partial charge is 0.447 e. The minimum Gasteiger partial charge on any atom is -0.447 e. The third-order valence-electron chi connectivity index (χ3n) is 6.03. The van der Waals surface area contributed by atoms with Gasteiger partial charge in [-0.3, -0.25) is 14.6 Å². The molecule has 0 saturated carbocycles. The lowest BCUT2D eigenvalue weighted by Gasteiger charge is -2.34. The fourth-order valence-corrected chi connectivity index (χ4v) is 4.35. The van der Waals surface area contributed by atoms with Gasteiger partial charge in [0.2, 0.25) is 5.89 Å². The first-order chi connectivity index (χ1) is 13.6. The second kappa shape index (κ2) is 8.45. The Morgan fingerprint density at radius 1 is 1.00 bits per heavy atom. The first-order valence-electron chi connectivity index (χ1n) is 10.4. The van der Waals surface area contributed by atoms with Crippen LogP contribution in [0.3, 0.4) is 0 Å². The summed E-state index contributed by atoms with van der Waals surface area (Å²) >= 11 is 0. The molecule has 28 heavy (non-hydrogen) atoms. The number of piperazine rings is 1. The Kier molecular flexibility index (Phi) is 5.78. The fraction of sp³-hybridized carbons (Fsp3) is 0.545. The van der Waals surface area contributed by atoms with Crippen molar-refractivity contribution < 1.29 is 9.21 Å². The molecule has 2 aliphatic heterocycles. The van der Waals surface area contributed by atoms with Crippen molar-refractivity contribution in [2.24, 2.45) is 0 Å². The topological polar surface area (TPSA) is 52.8 Å². The van der Waals surface area contributed by atoms with E-state index in [4.69, 9.17) is 4.42 Å². The second-order valence-corrected chi connectivity index (χ2v) is 8.15. The van der Waals surface area contributed by atoms with Crippen molar-refractivity contribution in [3.8, 4) is 0 Å². The van der Waals surface area contributed by atoms with Crippen molar-refractivity contribution in [2.75, 3.05) is 26.2 Å². The molecule has 1 aromatic carbocycles. The molecule has 0 spiro atoms. The summed E-state index contributed by atoms with van der Waals surface area (Å²) in [6.45, 7) is 9.91. The first kappa shape index (κ1) is 19.2. The van der Waals surface area contributed by atoms with Gasteiger partial charge in [0, 0.05) is 44.8 Å². The maximum absolute atomic E-state index is 12.8. The molecule has 1 amide bonds. The van der Waals surface area contributed by atoms with Gasteiger partial charge in [0.25, 0.3) is 5.91 Å². The lowest BCUT2D eigenvalue weighted by Crippen LogP contribution is -2.45. The number of carbonyl (C=O) groups excluding carboxylic acids is 1. The molecule has 2 atom stereocenters. The van der Waals surface area contributed by atoms with E-state index in [0.29, 0.717) is 18.1 Å². The summed E-state index contributed by atoms with van der Waals surface area (Å²) < 4.78 is 5.63. The maximum Gasteiger partial charge on any atom is 0.276 e. The van der Waals surface area contributed by atoms with Crippen LogP contribution in [0.25, 0.3) is 0 Å². The molecule has 6 nitrogen and oxygen atoms in total. The molecule has 150 valence electrons. The van der Waals surface area contributed by atoms with Crippen LogP contribution in [0.2, 0.25) is 0 Å². The van der Waals surface area contributed by atoms with Gasteiger partial charge in [0.05, 0.1) is 6.54 Å². The van der Waals surface area contributed by atoms with Crippen LogP contribution in [0.5, 0.6) is 0 Å². The first-order valence-corrected chi connectivity index (χ1v) is 10.4. The Labute approximate surface area is 167 Å². The minimum absolute atomic E-state index is 0.000167. The van der Waals surface area contributed by atoms with Crippen LogP contribution >= 0.6 is 0 Å². The number of hydrogen-bond donors (Lipinski definition) is 0. The molecule has 2 saturated heterocycles. The van der Waals surface area contributed by atoms with Crippen molar-refractivity contribution in [1.82, 2.24) is 19.7 Å². The van der Waals surface area contributed by atoms with Crippen LogP contribution in [-0.2, 0) is 13.1 Å². The van der Waals surface area contributed by atoms with Gasteiger partial charge in [-0.1, -0.05) is 30.3 Å². The summed E-state index contributed by atoms with van der Waals surface area (Å²) in [4.78, 5) is 24.0. The van der Waals surface area contributed by atoms with Crippen LogP contribution in [0, 0.1) is 0 Å². The Hall–Kier alpha value is -2.18. The predicted molar refractivity (Wildman–Crippen MR) is 108 cm³/mol. The summed E-state index contributed by atoms with van der Waals surface area (Å²) in [6, 6.07) is 11.2. The van der Waals surface area contributed by atoms with E-state index in [1.807, 2.05) is 4.90 Å². The van der Waals surface area contributed by atoms with Crippen molar-refractivity contribution >= 4 is 5.91 Å². The molecule has 0 unspecified atom stereocenters. The van der Waals surface area contributed by atoms with E-state index >= 15 is 0 Å². The molecule has 0 radical (unpaired) electrons. The summed E-state index contributed by atoms with van der Waals surface area (Å²) in [5, 5.41) is 0. The number of benzene rings is 1. The van der Waals surface area contributed by atoms with Gasteiger partial charge in [-0.05, 0) is 32.3 Å². The summed E-state index contributed by atoms with van der Waals surface area (Å²) in [5.74, 6) is 0.638. The molecule has 2 aromatic rings. The third kappa shape index (κ3) is 4.28. The molecule has 0 N–H and O–H groups in total. The highest BCUT2D eigenvalue weighted by atomic mass is 16.3. The van der Waals surface area contributed by atoms with E-state index in [9.17, 15) is 4.79 Å². The van der Waals surface area contributed by atoms with Gasteiger partial charge in [-0.15, -0.1) is 0 Å². The van der Waals surface area contributed by atoms with E-state index in [2.05, 4.69) is 59.0 Å². The molecule has 2 aliphatic rings. The van der Waals surface area contributed by atoms with E-state index in [1.54, 1.807) is 0 Å². The number of hydrogen-bond acceptors (Lipinski definition) is 5. The zero-order valence-corrected chi connectivity index (χ0v) is 16.9. The Morgan fingerprint density at radius 2 is 1.61 bits per heavy atom. The van der Waals surface area contributed by atoms with Gasteiger partial charge in [0.1, 0.15) is 6.26 Å². The zero-order chi connectivity index (χ0) is 19.5. The molecular formula is C22H30N4O2. The van der Waals surface area contributed by atoms with Gasteiger partial charge in [0.15, 0.2) is 5.69 Å². The monoisotopic (exact) mass is 382 g/mol. The van der Waals surface area contributed by atoms with E-state index in [0.717, 1.165) is 45.6 Å². The Balaban J connectivity index is 1.28. The molecule has 4 rings (SSSR count). The van der Waals surface area contributed by atoms with Crippen molar-refractivity contribution in [3.05, 3.63) is 53.7 Å². The minimum atomic E-state index is 0.000167. The highest BCUT2D eigenvalue weighted by molar-refractivity contribution is 5.92. The van der Waals surface area contributed by atoms with Crippen molar-refractivity contribution in [2.45, 2.75) is 51.9 Å². The van der Waals surface area contributed by atoms with Crippen LogP contribution in [0.1, 0.15) is 48.6 Å². The zero-order valence-electron chi connectivity index (χ0n) is 16.9. The van der Waals surface area contributed by atoms with Gasteiger partial charge in [-0.25, -0.2) is 4.98 Å². The number of carbonyl (C=O) groups is 1. The number of oxazole rings is 1. The average Bonchev–Trinajstić information content (AvgIpc) is 3.30. The van der Waals surface area contributed by atoms with Crippen molar-refractivity contribution in [3.63, 3.8) is 0 Å². The summed E-state index contributed by atoms with van der Waals surface area (Å²) in [6.07, 6.45) is 3.65. The SMILES string of the molecule is C[C@@H]1CC[C@@H](C)N1C(=O)c1coc(CN2CCN(Cc3ccccc3)CC2)n1. The van der Waals surface area contributed by atoms with Crippen molar-refractivity contribution in [1.29, 1.82) is 0 Å². The molecule has 0 bridgehead atoms. The molecule has 3 heterocycles. The normalized spacial score (nSPS) is 24.0. The van der Waals surface area contributed by atoms with Crippen LogP contribution in [0.15, 0.2) is 41.0 Å². The summed E-state index contributed by atoms with van der Waals surface area (Å²) in [7, 11) is 0. The van der Waals surface area contributed by atoms with E-state index < -0.39 is 0 Å². The quantitative estimate of drug-likeness (QED) is 0.796. The number of aromatic nitrogens is 1. The average molecular weight is 383 g/mol. The number of likely N-dealkylation sites (tertiary alicyclic amines) is 1. The highest BCUT2D eigenvalue weighted by Gasteiger charge is 2.33. The van der Waals surface area contributed by atoms with E-state index in [1.165, 1.54) is 11.8 Å². The van der Waals surface area contributed by atoms with Gasteiger partial charge >= 0.3 is 0 Å². The van der Waals surface area contributed by atoms with Crippen LogP contribution in [0.4, 0.5) is 0 Å². The van der Waals surface area contributed by atoms with Gasteiger partial charge < -0.3 is 9.32 Å². The lowest BCUT2D eigenvalue weighted by molar-refractivity contribution is 0.0686. The molecule has 0 aliphatic carbocycles. The second-order valence-electron chi connectivity index (χ2n) is 8.15.